The Hall–Kier alpha value is -1.24. The number of aryl methyl sites for hydroxylation is 1. The molecule has 1 saturated heterocycles. The summed E-state index contributed by atoms with van der Waals surface area (Å²) < 4.78 is 0. The Morgan fingerprint density at radius 3 is 3.00 bits per heavy atom. The van der Waals surface area contributed by atoms with Crippen LogP contribution in [0.15, 0.2) is 6.07 Å². The van der Waals surface area contributed by atoms with Gasteiger partial charge in [-0.05, 0) is 32.7 Å². The second-order valence-electron chi connectivity index (χ2n) is 4.98. The minimum Gasteiger partial charge on any atom is -0.393 e. The maximum absolute atomic E-state index is 9.58. The average molecular weight is 251 g/mol. The quantitative estimate of drug-likeness (QED) is 0.526. The average Bonchev–Trinajstić information content (AvgIpc) is 2.76. The summed E-state index contributed by atoms with van der Waals surface area (Å²) in [6.45, 7) is 6.38. The van der Waals surface area contributed by atoms with Gasteiger partial charge in [0.05, 0.1) is 12.6 Å². The van der Waals surface area contributed by atoms with Crippen LogP contribution < -0.4 is 11.3 Å². The lowest BCUT2D eigenvalue weighted by molar-refractivity contribution is 0.127. The zero-order valence-corrected chi connectivity index (χ0v) is 10.9. The lowest BCUT2D eigenvalue weighted by Crippen LogP contribution is -2.25. The first-order valence-corrected chi connectivity index (χ1v) is 6.30. The summed E-state index contributed by atoms with van der Waals surface area (Å²) in [5.74, 6) is 7.15. The SMILES string of the molecule is Cc1cc(NN)nc(CN2CCC(C(C)O)C2)n1. The number of hydrazine groups is 1. The van der Waals surface area contributed by atoms with Crippen LogP contribution in [0, 0.1) is 12.8 Å². The van der Waals surface area contributed by atoms with E-state index in [4.69, 9.17) is 5.84 Å². The summed E-state index contributed by atoms with van der Waals surface area (Å²) in [6, 6.07) is 1.81. The van der Waals surface area contributed by atoms with Crippen LogP contribution in [0.2, 0.25) is 0 Å². The zero-order chi connectivity index (χ0) is 13.1. The van der Waals surface area contributed by atoms with E-state index < -0.39 is 0 Å². The van der Waals surface area contributed by atoms with Crippen LogP contribution >= 0.6 is 0 Å². The van der Waals surface area contributed by atoms with Gasteiger partial charge in [0.2, 0.25) is 0 Å². The van der Waals surface area contributed by atoms with Gasteiger partial charge < -0.3 is 10.5 Å². The van der Waals surface area contributed by atoms with E-state index in [2.05, 4.69) is 20.3 Å². The number of aliphatic hydroxyl groups excluding tert-OH is 1. The number of rotatable bonds is 4. The molecule has 1 fully saturated rings. The van der Waals surface area contributed by atoms with Crippen molar-refractivity contribution < 1.29 is 5.11 Å². The van der Waals surface area contributed by atoms with Gasteiger partial charge in [-0.25, -0.2) is 15.8 Å². The first-order chi connectivity index (χ1) is 8.58. The van der Waals surface area contributed by atoms with Crippen LogP contribution in [0.1, 0.15) is 24.9 Å². The molecule has 0 spiro atoms. The second-order valence-corrected chi connectivity index (χ2v) is 4.98. The molecule has 4 N–H and O–H groups in total. The highest BCUT2D eigenvalue weighted by Crippen LogP contribution is 2.21. The highest BCUT2D eigenvalue weighted by atomic mass is 16.3. The molecule has 1 aliphatic heterocycles. The predicted octanol–water partition coefficient (Wildman–Crippen LogP) is 0.273. The molecule has 2 unspecified atom stereocenters. The monoisotopic (exact) mass is 251 g/mol. The first-order valence-electron chi connectivity index (χ1n) is 6.30. The molecule has 6 nitrogen and oxygen atoms in total. The van der Waals surface area contributed by atoms with Crippen LogP contribution in [-0.4, -0.2) is 39.2 Å². The molecule has 1 aromatic rings. The van der Waals surface area contributed by atoms with E-state index in [-0.39, 0.29) is 6.10 Å². The van der Waals surface area contributed by atoms with Gasteiger partial charge >= 0.3 is 0 Å². The maximum Gasteiger partial charge on any atom is 0.145 e. The smallest absolute Gasteiger partial charge is 0.145 e. The number of likely N-dealkylation sites (tertiary alicyclic amines) is 1. The van der Waals surface area contributed by atoms with E-state index in [9.17, 15) is 5.11 Å². The third kappa shape index (κ3) is 3.16. The summed E-state index contributed by atoms with van der Waals surface area (Å²) in [4.78, 5) is 11.0. The summed E-state index contributed by atoms with van der Waals surface area (Å²) in [5, 5.41) is 9.58. The van der Waals surface area contributed by atoms with Crippen LogP contribution in [0.25, 0.3) is 0 Å². The van der Waals surface area contributed by atoms with E-state index in [1.54, 1.807) is 0 Å². The van der Waals surface area contributed by atoms with E-state index in [0.29, 0.717) is 18.3 Å². The molecular formula is C12H21N5O. The molecule has 100 valence electrons. The molecule has 0 aromatic carbocycles. The maximum atomic E-state index is 9.58. The highest BCUT2D eigenvalue weighted by Gasteiger charge is 2.26. The first kappa shape index (κ1) is 13.2. The van der Waals surface area contributed by atoms with Crippen molar-refractivity contribution in [2.75, 3.05) is 18.5 Å². The van der Waals surface area contributed by atoms with Crippen molar-refractivity contribution >= 4 is 5.82 Å². The van der Waals surface area contributed by atoms with E-state index in [1.165, 1.54) is 0 Å². The van der Waals surface area contributed by atoms with Crippen molar-refractivity contribution in [3.8, 4) is 0 Å². The van der Waals surface area contributed by atoms with Crippen molar-refractivity contribution in [1.29, 1.82) is 0 Å². The number of aromatic nitrogens is 2. The Balaban J connectivity index is 2.00. The largest absolute Gasteiger partial charge is 0.393 e. The number of nitrogens with one attached hydrogen (secondary N) is 1. The van der Waals surface area contributed by atoms with E-state index in [1.807, 2.05) is 19.9 Å². The Kier molecular flexibility index (Phi) is 4.11. The molecule has 2 rings (SSSR count). The van der Waals surface area contributed by atoms with Gasteiger partial charge in [-0.1, -0.05) is 0 Å². The number of anilines is 1. The fourth-order valence-electron chi connectivity index (χ4n) is 2.37. The Bertz CT molecular complexity index is 409. The fraction of sp³-hybridized carbons (Fsp3) is 0.667. The van der Waals surface area contributed by atoms with Gasteiger partial charge in [0, 0.05) is 18.3 Å². The fourth-order valence-corrected chi connectivity index (χ4v) is 2.37. The normalized spacial score (nSPS) is 22.1. The summed E-state index contributed by atoms with van der Waals surface area (Å²) >= 11 is 0. The molecule has 2 atom stereocenters. The van der Waals surface area contributed by atoms with Crippen LogP contribution in [0.4, 0.5) is 5.82 Å². The lowest BCUT2D eigenvalue weighted by atomic mass is 10.0. The number of nitrogen functional groups attached to an aromatic ring is 1. The number of nitrogens with two attached hydrogens (primary N) is 1. The third-order valence-electron chi connectivity index (χ3n) is 3.40. The van der Waals surface area contributed by atoms with Gasteiger partial charge in [-0.2, -0.15) is 0 Å². The number of aliphatic hydroxyl groups is 1. The minimum absolute atomic E-state index is 0.241. The summed E-state index contributed by atoms with van der Waals surface area (Å²) in [7, 11) is 0. The summed E-state index contributed by atoms with van der Waals surface area (Å²) in [6.07, 6.45) is 0.792. The molecule has 0 bridgehead atoms. The van der Waals surface area contributed by atoms with Gasteiger partial charge in [-0.15, -0.1) is 0 Å². The van der Waals surface area contributed by atoms with Gasteiger partial charge in [0.1, 0.15) is 11.6 Å². The topological polar surface area (TPSA) is 87.3 Å². The molecule has 0 saturated carbocycles. The molecular weight excluding hydrogens is 230 g/mol. The molecule has 2 heterocycles. The molecule has 0 aliphatic carbocycles. The molecule has 0 amide bonds. The van der Waals surface area contributed by atoms with Crippen molar-refractivity contribution in [2.24, 2.45) is 11.8 Å². The second kappa shape index (κ2) is 5.60. The van der Waals surface area contributed by atoms with Crippen molar-refractivity contribution in [2.45, 2.75) is 32.9 Å². The van der Waals surface area contributed by atoms with E-state index in [0.717, 1.165) is 31.0 Å². The van der Waals surface area contributed by atoms with E-state index >= 15 is 0 Å². The van der Waals surface area contributed by atoms with Crippen molar-refractivity contribution in [3.05, 3.63) is 17.6 Å². The minimum atomic E-state index is -0.241. The number of hydrogen-bond donors (Lipinski definition) is 3. The molecule has 1 aromatic heterocycles. The molecule has 18 heavy (non-hydrogen) atoms. The predicted molar refractivity (Wildman–Crippen MR) is 69.6 cm³/mol. The standard InChI is InChI=1S/C12H21N5O/c1-8-5-11(16-13)15-12(14-8)7-17-4-3-10(6-17)9(2)18/h5,9-10,18H,3-4,6-7,13H2,1-2H3,(H,14,15,16). The molecule has 0 radical (unpaired) electrons. The third-order valence-corrected chi connectivity index (χ3v) is 3.40. The lowest BCUT2D eigenvalue weighted by Gasteiger charge is -2.17. The van der Waals surface area contributed by atoms with Crippen LogP contribution in [-0.2, 0) is 6.54 Å². The highest BCUT2D eigenvalue weighted by molar-refractivity contribution is 5.33. The van der Waals surface area contributed by atoms with Crippen LogP contribution in [0.5, 0.6) is 0 Å². The van der Waals surface area contributed by atoms with Gasteiger partial charge in [-0.3, -0.25) is 4.90 Å². The Labute approximate surface area is 107 Å². The Morgan fingerprint density at radius 2 is 2.39 bits per heavy atom. The number of nitrogens with zero attached hydrogens (tertiary/aromatic N) is 3. The number of hydrogen-bond acceptors (Lipinski definition) is 6. The van der Waals surface area contributed by atoms with Gasteiger partial charge in [0.25, 0.3) is 0 Å². The van der Waals surface area contributed by atoms with Crippen LogP contribution in [0.3, 0.4) is 0 Å². The summed E-state index contributed by atoms with van der Waals surface area (Å²) in [5.41, 5.74) is 3.45. The van der Waals surface area contributed by atoms with Crippen molar-refractivity contribution in [1.82, 2.24) is 14.9 Å². The zero-order valence-electron chi connectivity index (χ0n) is 10.9. The molecule has 6 heteroatoms. The Morgan fingerprint density at radius 1 is 1.61 bits per heavy atom. The van der Waals surface area contributed by atoms with Gasteiger partial charge in [0.15, 0.2) is 0 Å². The van der Waals surface area contributed by atoms with Crippen molar-refractivity contribution in [3.63, 3.8) is 0 Å². The molecule has 1 aliphatic rings.